The summed E-state index contributed by atoms with van der Waals surface area (Å²) in [6, 6.07) is 7.90. The number of fused-ring (bicyclic) bond motifs is 1. The summed E-state index contributed by atoms with van der Waals surface area (Å²) in [4.78, 5) is 16.3. The lowest BCUT2D eigenvalue weighted by molar-refractivity contribution is 0.0918. The molecule has 1 N–H and O–H groups in total. The number of hydrogen-bond acceptors (Lipinski definition) is 2. The highest BCUT2D eigenvalue weighted by Gasteiger charge is 2.21. The second kappa shape index (κ2) is 4.58. The molecule has 0 saturated heterocycles. The molecule has 4 heteroatoms. The Morgan fingerprint density at radius 3 is 2.67 bits per heavy atom. The minimum atomic E-state index is -0.0555. The van der Waals surface area contributed by atoms with Crippen molar-refractivity contribution in [3.8, 4) is 0 Å². The minimum Gasteiger partial charge on any atom is -0.349 e. The Labute approximate surface area is 110 Å². The molecule has 0 bridgehead atoms. The molecule has 0 radical (unpaired) electrons. The van der Waals surface area contributed by atoms with Gasteiger partial charge in [0.15, 0.2) is 0 Å². The molecule has 1 heterocycles. The van der Waals surface area contributed by atoms with E-state index in [1.807, 2.05) is 24.3 Å². The third-order valence-electron chi connectivity index (χ3n) is 3.43. The van der Waals surface area contributed by atoms with Crippen molar-refractivity contribution in [1.82, 2.24) is 10.3 Å². The fourth-order valence-corrected chi connectivity index (χ4v) is 2.37. The van der Waals surface area contributed by atoms with Crippen LogP contribution in [0.1, 0.15) is 29.6 Å². The number of carbonyl (C=O) groups is 1. The van der Waals surface area contributed by atoms with E-state index in [9.17, 15) is 4.79 Å². The summed E-state index contributed by atoms with van der Waals surface area (Å²) >= 11 is 6.04. The number of amides is 1. The van der Waals surface area contributed by atoms with Gasteiger partial charge in [-0.15, -0.1) is 0 Å². The lowest BCUT2D eigenvalue weighted by atomic mass is 9.93. The quantitative estimate of drug-likeness (QED) is 0.843. The molecular formula is C14H13ClN2O. The molecule has 1 fully saturated rings. The van der Waals surface area contributed by atoms with Crippen molar-refractivity contribution in [2.45, 2.75) is 25.3 Å². The van der Waals surface area contributed by atoms with Crippen molar-refractivity contribution in [3.63, 3.8) is 0 Å². The number of pyridine rings is 1. The SMILES string of the molecule is O=C(NC1CCC1)c1cnc(Cl)c2ccccc12. The third-order valence-corrected chi connectivity index (χ3v) is 3.73. The van der Waals surface area contributed by atoms with E-state index in [2.05, 4.69) is 10.3 Å². The number of rotatable bonds is 2. The molecule has 0 unspecified atom stereocenters. The smallest absolute Gasteiger partial charge is 0.253 e. The van der Waals surface area contributed by atoms with Crippen molar-refractivity contribution in [1.29, 1.82) is 0 Å². The number of halogens is 1. The Balaban J connectivity index is 2.00. The number of hydrogen-bond donors (Lipinski definition) is 1. The van der Waals surface area contributed by atoms with Crippen LogP contribution in [0.15, 0.2) is 30.5 Å². The van der Waals surface area contributed by atoms with E-state index in [-0.39, 0.29) is 5.91 Å². The van der Waals surface area contributed by atoms with Gasteiger partial charge in [-0.05, 0) is 24.6 Å². The molecule has 1 aromatic heterocycles. The van der Waals surface area contributed by atoms with Crippen LogP contribution < -0.4 is 5.32 Å². The molecule has 18 heavy (non-hydrogen) atoms. The molecule has 3 nitrogen and oxygen atoms in total. The maximum Gasteiger partial charge on any atom is 0.253 e. The van der Waals surface area contributed by atoms with Gasteiger partial charge in [0.1, 0.15) is 5.15 Å². The molecule has 1 aliphatic rings. The summed E-state index contributed by atoms with van der Waals surface area (Å²) in [6.07, 6.45) is 4.90. The molecule has 92 valence electrons. The number of nitrogens with zero attached hydrogens (tertiary/aromatic N) is 1. The second-order valence-electron chi connectivity index (χ2n) is 4.61. The lowest BCUT2D eigenvalue weighted by Gasteiger charge is -2.26. The third kappa shape index (κ3) is 1.95. The van der Waals surface area contributed by atoms with Gasteiger partial charge >= 0.3 is 0 Å². The Hall–Kier alpha value is -1.61. The normalized spacial score (nSPS) is 15.4. The summed E-state index contributed by atoms with van der Waals surface area (Å²) in [5.41, 5.74) is 0.599. The number of aromatic nitrogens is 1. The summed E-state index contributed by atoms with van der Waals surface area (Å²) in [5.74, 6) is -0.0555. The molecule has 1 aromatic carbocycles. The molecule has 2 aromatic rings. The minimum absolute atomic E-state index is 0.0555. The molecule has 0 spiro atoms. The molecule has 0 atom stereocenters. The van der Waals surface area contributed by atoms with E-state index in [1.165, 1.54) is 6.42 Å². The van der Waals surface area contributed by atoms with Crippen LogP contribution in [-0.4, -0.2) is 16.9 Å². The Bertz CT molecular complexity index is 608. The van der Waals surface area contributed by atoms with Crippen LogP contribution >= 0.6 is 11.6 Å². The second-order valence-corrected chi connectivity index (χ2v) is 4.97. The number of carbonyl (C=O) groups excluding carboxylic acids is 1. The molecular weight excluding hydrogens is 248 g/mol. The molecule has 1 amide bonds. The van der Waals surface area contributed by atoms with Crippen LogP contribution in [0.4, 0.5) is 0 Å². The van der Waals surface area contributed by atoms with E-state index in [0.717, 1.165) is 23.6 Å². The molecule has 1 aliphatic carbocycles. The van der Waals surface area contributed by atoms with Crippen LogP contribution in [0.25, 0.3) is 10.8 Å². The van der Waals surface area contributed by atoms with Gasteiger partial charge in [-0.3, -0.25) is 4.79 Å². The van der Waals surface area contributed by atoms with Crippen LogP contribution in [0.3, 0.4) is 0 Å². The van der Waals surface area contributed by atoms with E-state index in [4.69, 9.17) is 11.6 Å². The first kappa shape index (κ1) is 11.5. The standard InChI is InChI=1S/C14H13ClN2O/c15-13-11-7-2-1-6-10(11)12(8-16-13)14(18)17-9-4-3-5-9/h1-2,6-9H,3-5H2,(H,17,18). The first-order valence-corrected chi connectivity index (χ1v) is 6.47. The highest BCUT2D eigenvalue weighted by Crippen LogP contribution is 2.25. The number of benzene rings is 1. The molecule has 0 aliphatic heterocycles. The summed E-state index contributed by atoms with van der Waals surface area (Å²) in [6.45, 7) is 0. The van der Waals surface area contributed by atoms with E-state index in [1.54, 1.807) is 6.20 Å². The average Bonchev–Trinajstić information content (AvgIpc) is 2.34. The van der Waals surface area contributed by atoms with Crippen LogP contribution in [0.5, 0.6) is 0 Å². The topological polar surface area (TPSA) is 42.0 Å². The Morgan fingerprint density at radius 1 is 1.28 bits per heavy atom. The van der Waals surface area contributed by atoms with Gasteiger partial charge in [0.2, 0.25) is 0 Å². The van der Waals surface area contributed by atoms with Crippen LogP contribution in [-0.2, 0) is 0 Å². The van der Waals surface area contributed by atoms with Gasteiger partial charge in [-0.25, -0.2) is 4.98 Å². The zero-order chi connectivity index (χ0) is 12.5. The number of nitrogens with one attached hydrogen (secondary N) is 1. The zero-order valence-electron chi connectivity index (χ0n) is 9.82. The van der Waals surface area contributed by atoms with Crippen molar-refractivity contribution >= 4 is 28.3 Å². The first-order valence-electron chi connectivity index (χ1n) is 6.10. The lowest BCUT2D eigenvalue weighted by Crippen LogP contribution is -2.39. The maximum atomic E-state index is 12.2. The monoisotopic (exact) mass is 260 g/mol. The van der Waals surface area contributed by atoms with E-state index >= 15 is 0 Å². The van der Waals surface area contributed by atoms with Gasteiger partial charge in [0.05, 0.1) is 5.56 Å². The average molecular weight is 261 g/mol. The Kier molecular flexibility index (Phi) is 2.92. The maximum absolute atomic E-state index is 12.2. The predicted molar refractivity (Wildman–Crippen MR) is 71.9 cm³/mol. The largest absolute Gasteiger partial charge is 0.349 e. The Morgan fingerprint density at radius 2 is 2.00 bits per heavy atom. The predicted octanol–water partition coefficient (Wildman–Crippen LogP) is 3.17. The van der Waals surface area contributed by atoms with Crippen molar-refractivity contribution in [2.75, 3.05) is 0 Å². The van der Waals surface area contributed by atoms with Crippen LogP contribution in [0, 0.1) is 0 Å². The van der Waals surface area contributed by atoms with E-state index in [0.29, 0.717) is 16.8 Å². The zero-order valence-corrected chi connectivity index (χ0v) is 10.6. The first-order chi connectivity index (χ1) is 8.75. The van der Waals surface area contributed by atoms with Gasteiger partial charge in [0, 0.05) is 17.6 Å². The van der Waals surface area contributed by atoms with Gasteiger partial charge in [0.25, 0.3) is 5.91 Å². The molecule has 3 rings (SSSR count). The van der Waals surface area contributed by atoms with Gasteiger partial charge < -0.3 is 5.32 Å². The van der Waals surface area contributed by atoms with E-state index < -0.39 is 0 Å². The van der Waals surface area contributed by atoms with Gasteiger partial charge in [-0.2, -0.15) is 0 Å². The highest BCUT2D eigenvalue weighted by atomic mass is 35.5. The summed E-state index contributed by atoms with van der Waals surface area (Å²) in [5, 5.41) is 5.13. The van der Waals surface area contributed by atoms with Crippen molar-refractivity contribution < 1.29 is 4.79 Å². The molecule has 1 saturated carbocycles. The van der Waals surface area contributed by atoms with Crippen molar-refractivity contribution in [3.05, 3.63) is 41.2 Å². The summed E-state index contributed by atoms with van der Waals surface area (Å²) in [7, 11) is 0. The highest BCUT2D eigenvalue weighted by molar-refractivity contribution is 6.34. The van der Waals surface area contributed by atoms with Crippen molar-refractivity contribution in [2.24, 2.45) is 0 Å². The summed E-state index contributed by atoms with van der Waals surface area (Å²) < 4.78 is 0. The van der Waals surface area contributed by atoms with Gasteiger partial charge in [-0.1, -0.05) is 35.9 Å². The van der Waals surface area contributed by atoms with Crippen LogP contribution in [0.2, 0.25) is 5.15 Å². The fraction of sp³-hybridized carbons (Fsp3) is 0.286. The fourth-order valence-electron chi connectivity index (χ4n) is 2.15.